The van der Waals surface area contributed by atoms with Crippen molar-refractivity contribution < 1.29 is 8.42 Å². The second-order valence-electron chi connectivity index (χ2n) is 7.43. The van der Waals surface area contributed by atoms with Gasteiger partial charge in [-0.05, 0) is 42.4 Å². The summed E-state index contributed by atoms with van der Waals surface area (Å²) in [6, 6.07) is 0.719. The van der Waals surface area contributed by atoms with Crippen molar-refractivity contribution in [2.45, 2.75) is 58.5 Å². The van der Waals surface area contributed by atoms with Crippen LogP contribution in [0.1, 0.15) is 46.5 Å². The fourth-order valence-electron chi connectivity index (χ4n) is 4.67. The Bertz CT molecular complexity index is 456. The normalized spacial score (nSPS) is 48.7. The zero-order valence-corrected chi connectivity index (χ0v) is 12.5. The molecule has 1 heterocycles. The van der Waals surface area contributed by atoms with E-state index in [-0.39, 0.29) is 6.04 Å². The van der Waals surface area contributed by atoms with Gasteiger partial charge in [-0.25, -0.2) is 8.42 Å². The van der Waals surface area contributed by atoms with E-state index in [1.807, 2.05) is 0 Å². The lowest BCUT2D eigenvalue weighted by Crippen LogP contribution is -2.48. The van der Waals surface area contributed by atoms with Gasteiger partial charge in [-0.3, -0.25) is 0 Å². The van der Waals surface area contributed by atoms with E-state index >= 15 is 0 Å². The van der Waals surface area contributed by atoms with E-state index in [0.29, 0.717) is 28.4 Å². The zero-order valence-electron chi connectivity index (χ0n) is 11.7. The van der Waals surface area contributed by atoms with Crippen LogP contribution >= 0.6 is 0 Å². The first-order chi connectivity index (χ1) is 8.25. The Morgan fingerprint density at radius 2 is 1.89 bits per heavy atom. The SMILES string of the molecule is CC1(C)C2CCC1(C)C(NC1CCS(=O)(=O)C1)C2. The first-order valence-electron chi connectivity index (χ1n) is 7.21. The molecule has 2 aliphatic carbocycles. The van der Waals surface area contributed by atoms with Gasteiger partial charge in [0.2, 0.25) is 0 Å². The van der Waals surface area contributed by atoms with E-state index in [0.717, 1.165) is 12.3 Å². The van der Waals surface area contributed by atoms with Gasteiger partial charge in [0.25, 0.3) is 0 Å². The van der Waals surface area contributed by atoms with E-state index in [1.54, 1.807) is 0 Å². The molecule has 0 aromatic carbocycles. The lowest BCUT2D eigenvalue weighted by Gasteiger charge is -2.40. The predicted octanol–water partition coefficient (Wildman–Crippen LogP) is 1.98. The minimum Gasteiger partial charge on any atom is -0.310 e. The molecular weight excluding hydrogens is 246 g/mol. The highest BCUT2D eigenvalue weighted by atomic mass is 32.2. The Kier molecular flexibility index (Phi) is 2.67. The van der Waals surface area contributed by atoms with Gasteiger partial charge in [0.1, 0.15) is 0 Å². The topological polar surface area (TPSA) is 46.2 Å². The molecule has 0 spiro atoms. The average molecular weight is 271 g/mol. The summed E-state index contributed by atoms with van der Waals surface area (Å²) >= 11 is 0. The first-order valence-corrected chi connectivity index (χ1v) is 9.03. The van der Waals surface area contributed by atoms with Crippen molar-refractivity contribution in [2.24, 2.45) is 16.7 Å². The summed E-state index contributed by atoms with van der Waals surface area (Å²) in [6.45, 7) is 7.20. The third-order valence-corrected chi connectivity index (χ3v) is 8.23. The summed E-state index contributed by atoms with van der Waals surface area (Å²) in [5.74, 6) is 1.55. The molecule has 0 amide bonds. The molecule has 3 rings (SSSR count). The number of hydrogen-bond donors (Lipinski definition) is 1. The third-order valence-electron chi connectivity index (χ3n) is 6.46. The second-order valence-corrected chi connectivity index (χ2v) is 9.66. The van der Waals surface area contributed by atoms with Crippen molar-refractivity contribution in [3.05, 3.63) is 0 Å². The van der Waals surface area contributed by atoms with Crippen LogP contribution in [0.25, 0.3) is 0 Å². The monoisotopic (exact) mass is 271 g/mol. The van der Waals surface area contributed by atoms with Crippen LogP contribution in [0.4, 0.5) is 0 Å². The van der Waals surface area contributed by atoms with E-state index in [1.165, 1.54) is 19.3 Å². The van der Waals surface area contributed by atoms with Crippen LogP contribution in [0.3, 0.4) is 0 Å². The van der Waals surface area contributed by atoms with Crippen LogP contribution in [0.5, 0.6) is 0 Å². The summed E-state index contributed by atoms with van der Waals surface area (Å²) in [6.07, 6.45) is 4.69. The van der Waals surface area contributed by atoms with Crippen LogP contribution in [-0.2, 0) is 9.84 Å². The molecule has 4 atom stereocenters. The molecule has 1 N–H and O–H groups in total. The Balaban J connectivity index is 1.73. The molecule has 4 unspecified atom stereocenters. The number of rotatable bonds is 2. The molecule has 0 aromatic rings. The molecule has 4 heteroatoms. The minimum atomic E-state index is -2.76. The van der Waals surface area contributed by atoms with Crippen molar-refractivity contribution >= 4 is 9.84 Å². The Hall–Kier alpha value is -0.0900. The van der Waals surface area contributed by atoms with Crippen LogP contribution in [0, 0.1) is 16.7 Å². The number of hydrogen-bond acceptors (Lipinski definition) is 3. The molecule has 2 saturated carbocycles. The van der Waals surface area contributed by atoms with Crippen LogP contribution in [0.15, 0.2) is 0 Å². The molecule has 18 heavy (non-hydrogen) atoms. The van der Waals surface area contributed by atoms with Crippen molar-refractivity contribution in [1.29, 1.82) is 0 Å². The van der Waals surface area contributed by atoms with Gasteiger partial charge in [-0.2, -0.15) is 0 Å². The molecule has 3 nitrogen and oxygen atoms in total. The van der Waals surface area contributed by atoms with E-state index in [2.05, 4.69) is 26.1 Å². The lowest BCUT2D eigenvalue weighted by atomic mass is 9.69. The maximum absolute atomic E-state index is 11.5. The van der Waals surface area contributed by atoms with Gasteiger partial charge in [-0.15, -0.1) is 0 Å². The van der Waals surface area contributed by atoms with Gasteiger partial charge in [0.05, 0.1) is 11.5 Å². The minimum absolute atomic E-state index is 0.201. The highest BCUT2D eigenvalue weighted by molar-refractivity contribution is 7.91. The summed E-state index contributed by atoms with van der Waals surface area (Å²) in [4.78, 5) is 0. The van der Waals surface area contributed by atoms with Crippen molar-refractivity contribution in [2.75, 3.05) is 11.5 Å². The Morgan fingerprint density at radius 3 is 2.33 bits per heavy atom. The van der Waals surface area contributed by atoms with Crippen molar-refractivity contribution in [1.82, 2.24) is 5.32 Å². The highest BCUT2D eigenvalue weighted by Crippen LogP contribution is 2.65. The molecular formula is C14H25NO2S. The molecule has 2 bridgehead atoms. The summed E-state index contributed by atoms with van der Waals surface area (Å²) < 4.78 is 23.1. The van der Waals surface area contributed by atoms with E-state index in [4.69, 9.17) is 0 Å². The van der Waals surface area contributed by atoms with Crippen LogP contribution in [-0.4, -0.2) is 32.0 Å². The van der Waals surface area contributed by atoms with Gasteiger partial charge >= 0.3 is 0 Å². The molecule has 0 radical (unpaired) electrons. The molecule has 3 aliphatic rings. The average Bonchev–Trinajstić information content (AvgIpc) is 2.76. The number of fused-ring (bicyclic) bond motifs is 2. The maximum Gasteiger partial charge on any atom is 0.151 e. The van der Waals surface area contributed by atoms with E-state index < -0.39 is 9.84 Å². The summed E-state index contributed by atoms with van der Waals surface area (Å²) in [7, 11) is -2.76. The van der Waals surface area contributed by atoms with Gasteiger partial charge in [0, 0.05) is 12.1 Å². The summed E-state index contributed by atoms with van der Waals surface area (Å²) in [5, 5.41) is 3.68. The largest absolute Gasteiger partial charge is 0.310 e. The van der Waals surface area contributed by atoms with Gasteiger partial charge in [0.15, 0.2) is 9.84 Å². The molecule has 0 aromatic heterocycles. The standard InChI is InChI=1S/C14H25NO2S/c1-13(2)10-4-6-14(13,3)12(8-10)15-11-5-7-18(16,17)9-11/h10-12,15H,4-9H2,1-3H3. The smallest absolute Gasteiger partial charge is 0.151 e. The number of sulfone groups is 1. The van der Waals surface area contributed by atoms with Crippen molar-refractivity contribution in [3.8, 4) is 0 Å². The highest BCUT2D eigenvalue weighted by Gasteiger charge is 2.61. The summed E-state index contributed by atoms with van der Waals surface area (Å²) in [5.41, 5.74) is 0.756. The van der Waals surface area contributed by atoms with Gasteiger partial charge < -0.3 is 5.32 Å². The molecule has 1 aliphatic heterocycles. The zero-order chi connectivity index (χ0) is 13.2. The van der Waals surface area contributed by atoms with Crippen LogP contribution < -0.4 is 5.32 Å². The third kappa shape index (κ3) is 1.68. The van der Waals surface area contributed by atoms with E-state index in [9.17, 15) is 8.42 Å². The number of nitrogens with one attached hydrogen (secondary N) is 1. The molecule has 1 saturated heterocycles. The van der Waals surface area contributed by atoms with Gasteiger partial charge in [-0.1, -0.05) is 20.8 Å². The fraction of sp³-hybridized carbons (Fsp3) is 1.00. The molecule has 3 fully saturated rings. The fourth-order valence-corrected chi connectivity index (χ4v) is 6.35. The molecule has 104 valence electrons. The Morgan fingerprint density at radius 1 is 1.17 bits per heavy atom. The van der Waals surface area contributed by atoms with Crippen molar-refractivity contribution in [3.63, 3.8) is 0 Å². The lowest BCUT2D eigenvalue weighted by molar-refractivity contribution is 0.116. The van der Waals surface area contributed by atoms with Crippen LogP contribution in [0.2, 0.25) is 0 Å². The Labute approximate surface area is 111 Å². The predicted molar refractivity (Wildman–Crippen MR) is 73.2 cm³/mol. The maximum atomic E-state index is 11.5. The first kappa shape index (κ1) is 12.9. The second kappa shape index (κ2) is 3.72. The quantitative estimate of drug-likeness (QED) is 0.835.